The number of aromatic nitrogens is 1. The molecule has 130 valence electrons. The molecule has 3 aromatic rings. The molecule has 2 aromatic carbocycles. The van der Waals surface area contributed by atoms with E-state index in [0.717, 1.165) is 28.7 Å². The van der Waals surface area contributed by atoms with Gasteiger partial charge in [0.2, 0.25) is 0 Å². The van der Waals surface area contributed by atoms with Crippen molar-refractivity contribution < 1.29 is 5.11 Å². The summed E-state index contributed by atoms with van der Waals surface area (Å²) >= 11 is 6.04. The summed E-state index contributed by atoms with van der Waals surface area (Å²) in [6.07, 6.45) is 1.78. The van der Waals surface area contributed by atoms with Gasteiger partial charge in [0.1, 0.15) is 5.75 Å². The minimum atomic E-state index is -0.162. The van der Waals surface area contributed by atoms with Gasteiger partial charge in [0, 0.05) is 46.5 Å². The third-order valence-electron chi connectivity index (χ3n) is 4.17. The zero-order valence-corrected chi connectivity index (χ0v) is 15.1. The van der Waals surface area contributed by atoms with Gasteiger partial charge in [-0.25, -0.2) is 0 Å². The van der Waals surface area contributed by atoms with Crippen LogP contribution in [0.3, 0.4) is 0 Å². The molecule has 0 fully saturated rings. The van der Waals surface area contributed by atoms with Crippen LogP contribution in [0.4, 0.5) is 5.69 Å². The van der Waals surface area contributed by atoms with Gasteiger partial charge in [-0.3, -0.25) is 4.98 Å². The Hall–Kier alpha value is -2.30. The van der Waals surface area contributed by atoms with E-state index in [1.54, 1.807) is 12.3 Å². The second-order valence-electron chi connectivity index (χ2n) is 6.74. The first-order chi connectivity index (χ1) is 11.9. The number of phenols is 1. The van der Waals surface area contributed by atoms with Crippen molar-refractivity contribution in [1.29, 1.82) is 0 Å². The van der Waals surface area contributed by atoms with Crippen LogP contribution in [0.2, 0.25) is 5.02 Å². The number of benzene rings is 2. The van der Waals surface area contributed by atoms with E-state index in [9.17, 15) is 5.11 Å². The third kappa shape index (κ3) is 4.41. The molecule has 0 aliphatic heterocycles. The number of hydrogen-bond donors (Lipinski definition) is 3. The van der Waals surface area contributed by atoms with Crippen LogP contribution in [0.15, 0.2) is 54.7 Å². The van der Waals surface area contributed by atoms with Crippen LogP contribution in [0.5, 0.6) is 5.75 Å². The maximum absolute atomic E-state index is 9.88. The van der Waals surface area contributed by atoms with Crippen LogP contribution in [-0.2, 0) is 6.54 Å². The Morgan fingerprint density at radius 3 is 2.72 bits per heavy atom. The van der Waals surface area contributed by atoms with Crippen molar-refractivity contribution in [2.45, 2.75) is 25.9 Å². The lowest BCUT2D eigenvalue weighted by Crippen LogP contribution is -2.44. The summed E-state index contributed by atoms with van der Waals surface area (Å²) in [6, 6.07) is 15.1. The Morgan fingerprint density at radius 2 is 1.92 bits per heavy atom. The van der Waals surface area contributed by atoms with Gasteiger partial charge >= 0.3 is 0 Å². The van der Waals surface area contributed by atoms with Crippen LogP contribution >= 0.6 is 11.6 Å². The molecule has 3 rings (SSSR count). The topological polar surface area (TPSA) is 57.2 Å². The molecule has 0 aliphatic rings. The van der Waals surface area contributed by atoms with E-state index in [1.165, 1.54) is 0 Å². The van der Waals surface area contributed by atoms with E-state index in [4.69, 9.17) is 11.6 Å². The molecule has 1 aromatic heterocycles. The Kier molecular flexibility index (Phi) is 5.11. The summed E-state index contributed by atoms with van der Waals surface area (Å²) in [4.78, 5) is 4.36. The van der Waals surface area contributed by atoms with Crippen molar-refractivity contribution in [3.05, 3.63) is 65.3 Å². The van der Waals surface area contributed by atoms with Crippen LogP contribution in [0, 0.1) is 0 Å². The number of nitrogens with one attached hydrogen (secondary N) is 2. The molecular formula is C20H22ClN3O. The quantitative estimate of drug-likeness (QED) is 0.606. The number of rotatable bonds is 6. The van der Waals surface area contributed by atoms with Crippen molar-refractivity contribution in [2.24, 2.45) is 0 Å². The first kappa shape index (κ1) is 17.5. The normalized spacial score (nSPS) is 11.6. The molecule has 4 nitrogen and oxygen atoms in total. The molecule has 3 N–H and O–H groups in total. The fraction of sp³-hybridized carbons (Fsp3) is 0.250. The highest BCUT2D eigenvalue weighted by molar-refractivity contribution is 6.31. The Morgan fingerprint density at radius 1 is 1.12 bits per heavy atom. The lowest BCUT2D eigenvalue weighted by molar-refractivity contribution is 0.398. The Balaban J connectivity index is 1.67. The maximum atomic E-state index is 9.88. The highest BCUT2D eigenvalue weighted by Crippen LogP contribution is 2.25. The summed E-state index contributed by atoms with van der Waals surface area (Å²) in [5.74, 6) is 0.316. The second-order valence-corrected chi connectivity index (χ2v) is 7.18. The minimum absolute atomic E-state index is 0.162. The first-order valence-corrected chi connectivity index (χ1v) is 8.62. The first-order valence-electron chi connectivity index (χ1n) is 8.25. The minimum Gasteiger partial charge on any atom is -0.508 e. The molecule has 0 atom stereocenters. The number of anilines is 1. The number of para-hydroxylation sites is 1. The molecule has 0 radical (unpaired) electrons. The number of fused-ring (bicyclic) bond motifs is 1. The number of nitrogens with zero attached hydrogens (tertiary/aromatic N) is 1. The predicted octanol–water partition coefficient (Wildman–Crippen LogP) is 4.57. The van der Waals surface area contributed by atoms with Gasteiger partial charge in [-0.05, 0) is 44.2 Å². The van der Waals surface area contributed by atoms with E-state index in [1.807, 2.05) is 42.5 Å². The molecule has 25 heavy (non-hydrogen) atoms. The van der Waals surface area contributed by atoms with E-state index in [-0.39, 0.29) is 5.54 Å². The molecular weight excluding hydrogens is 334 g/mol. The van der Waals surface area contributed by atoms with Crippen LogP contribution in [0.25, 0.3) is 10.9 Å². The van der Waals surface area contributed by atoms with Gasteiger partial charge in [0.25, 0.3) is 0 Å². The van der Waals surface area contributed by atoms with Gasteiger partial charge < -0.3 is 15.7 Å². The SMILES string of the molecule is CC(C)(CNc1ccnc2cc(Cl)ccc12)NCc1ccccc1O. The van der Waals surface area contributed by atoms with Crippen molar-refractivity contribution in [1.82, 2.24) is 10.3 Å². The molecule has 0 amide bonds. The maximum Gasteiger partial charge on any atom is 0.120 e. The van der Waals surface area contributed by atoms with Crippen molar-refractivity contribution in [3.63, 3.8) is 0 Å². The van der Waals surface area contributed by atoms with Crippen LogP contribution in [0.1, 0.15) is 19.4 Å². The van der Waals surface area contributed by atoms with E-state index >= 15 is 0 Å². The molecule has 0 bridgehead atoms. The molecule has 0 saturated heterocycles. The number of hydrogen-bond acceptors (Lipinski definition) is 4. The number of pyridine rings is 1. The molecule has 1 heterocycles. The second kappa shape index (κ2) is 7.30. The van der Waals surface area contributed by atoms with Crippen molar-refractivity contribution in [2.75, 3.05) is 11.9 Å². The largest absolute Gasteiger partial charge is 0.508 e. The van der Waals surface area contributed by atoms with Crippen molar-refractivity contribution in [3.8, 4) is 5.75 Å². The average Bonchev–Trinajstić information content (AvgIpc) is 2.59. The lowest BCUT2D eigenvalue weighted by Gasteiger charge is -2.28. The third-order valence-corrected chi connectivity index (χ3v) is 4.41. The predicted molar refractivity (Wildman–Crippen MR) is 104 cm³/mol. The van der Waals surface area contributed by atoms with Gasteiger partial charge in [0.05, 0.1) is 5.52 Å². The molecule has 0 saturated carbocycles. The molecule has 5 heteroatoms. The summed E-state index contributed by atoms with van der Waals surface area (Å²) in [5, 5.41) is 18.6. The highest BCUT2D eigenvalue weighted by atomic mass is 35.5. The van der Waals surface area contributed by atoms with Gasteiger partial charge in [-0.1, -0.05) is 29.8 Å². The lowest BCUT2D eigenvalue weighted by atomic mass is 10.0. The fourth-order valence-electron chi connectivity index (χ4n) is 2.65. The summed E-state index contributed by atoms with van der Waals surface area (Å²) < 4.78 is 0. The summed E-state index contributed by atoms with van der Waals surface area (Å²) in [6.45, 7) is 5.58. The molecule has 0 aliphatic carbocycles. The van der Waals surface area contributed by atoms with Crippen LogP contribution in [-0.4, -0.2) is 22.2 Å². The van der Waals surface area contributed by atoms with Gasteiger partial charge in [-0.15, -0.1) is 0 Å². The Labute approximate surface area is 152 Å². The highest BCUT2D eigenvalue weighted by Gasteiger charge is 2.18. The zero-order valence-electron chi connectivity index (χ0n) is 14.4. The van der Waals surface area contributed by atoms with Gasteiger partial charge in [0.15, 0.2) is 0 Å². The number of halogens is 1. The summed E-state index contributed by atoms with van der Waals surface area (Å²) in [7, 11) is 0. The number of aromatic hydroxyl groups is 1. The van der Waals surface area contributed by atoms with E-state index in [2.05, 4.69) is 29.5 Å². The Bertz CT molecular complexity index is 880. The molecule has 0 unspecified atom stereocenters. The van der Waals surface area contributed by atoms with Crippen molar-refractivity contribution >= 4 is 28.2 Å². The zero-order chi connectivity index (χ0) is 17.9. The monoisotopic (exact) mass is 355 g/mol. The summed E-state index contributed by atoms with van der Waals surface area (Å²) in [5.41, 5.74) is 2.63. The fourth-order valence-corrected chi connectivity index (χ4v) is 2.82. The van der Waals surface area contributed by atoms with E-state index in [0.29, 0.717) is 17.3 Å². The number of phenolic OH excluding ortho intramolecular Hbond substituents is 1. The smallest absolute Gasteiger partial charge is 0.120 e. The van der Waals surface area contributed by atoms with Crippen LogP contribution < -0.4 is 10.6 Å². The van der Waals surface area contributed by atoms with E-state index < -0.39 is 0 Å². The van der Waals surface area contributed by atoms with Gasteiger partial charge in [-0.2, -0.15) is 0 Å². The molecule has 0 spiro atoms. The average molecular weight is 356 g/mol. The standard InChI is InChI=1S/C20H22ClN3O/c1-20(2,24-12-14-5-3-4-6-19(14)25)13-23-17-9-10-22-18-11-15(21)7-8-16(17)18/h3-11,24-25H,12-13H2,1-2H3,(H,22,23).